The average Bonchev–Trinajstić information content (AvgIpc) is 2.84. The number of rotatable bonds is 6. The van der Waals surface area contributed by atoms with Crippen molar-refractivity contribution in [1.82, 2.24) is 5.32 Å². The Morgan fingerprint density at radius 2 is 2.21 bits per heavy atom. The summed E-state index contributed by atoms with van der Waals surface area (Å²) in [5, 5.41) is 14.1. The maximum atomic E-state index is 13.5. The van der Waals surface area contributed by atoms with E-state index < -0.39 is 6.10 Å². The number of hydrogen-bond donors (Lipinski definition) is 2. The van der Waals surface area contributed by atoms with E-state index in [2.05, 4.69) is 12.2 Å². The molecule has 1 aliphatic carbocycles. The lowest BCUT2D eigenvalue weighted by molar-refractivity contribution is 0.165. The molecule has 0 bridgehead atoms. The molecule has 0 heterocycles. The fraction of sp³-hybridized carbons (Fsp3) is 0.600. The van der Waals surface area contributed by atoms with Gasteiger partial charge in [0, 0.05) is 23.4 Å². The fourth-order valence-electron chi connectivity index (χ4n) is 2.69. The predicted octanol–water partition coefficient (Wildman–Crippen LogP) is 3.12. The van der Waals surface area contributed by atoms with Crippen LogP contribution >= 0.6 is 11.8 Å². The van der Waals surface area contributed by atoms with Crippen molar-refractivity contribution in [3.8, 4) is 0 Å². The first-order valence-electron chi connectivity index (χ1n) is 6.99. The Morgan fingerprint density at radius 3 is 2.95 bits per heavy atom. The lowest BCUT2D eigenvalue weighted by Gasteiger charge is -2.22. The number of nitrogens with one attached hydrogen (secondary N) is 1. The van der Waals surface area contributed by atoms with Gasteiger partial charge >= 0.3 is 0 Å². The van der Waals surface area contributed by atoms with E-state index in [4.69, 9.17) is 0 Å². The number of hydrogen-bond acceptors (Lipinski definition) is 3. The molecule has 2 N–H and O–H groups in total. The number of aliphatic hydroxyl groups excluding tert-OH is 1. The summed E-state index contributed by atoms with van der Waals surface area (Å²) in [5.74, 6) is 0.793. The molecule has 1 aromatic carbocycles. The Kier molecular flexibility index (Phi) is 5.67. The van der Waals surface area contributed by atoms with E-state index in [-0.39, 0.29) is 5.82 Å². The van der Waals surface area contributed by atoms with Gasteiger partial charge in [-0.3, -0.25) is 0 Å². The smallest absolute Gasteiger partial charge is 0.129 e. The van der Waals surface area contributed by atoms with Crippen molar-refractivity contribution in [3.63, 3.8) is 0 Å². The van der Waals surface area contributed by atoms with Crippen molar-refractivity contribution in [3.05, 3.63) is 35.6 Å². The van der Waals surface area contributed by atoms with Crippen LogP contribution in [-0.2, 0) is 0 Å². The van der Waals surface area contributed by atoms with Gasteiger partial charge in [-0.1, -0.05) is 31.5 Å². The Morgan fingerprint density at radius 1 is 1.42 bits per heavy atom. The SMILES string of the molecule is CCSC1CCCC1NCC(O)c1ccccc1F. The second-order valence-electron chi connectivity index (χ2n) is 4.98. The molecule has 106 valence electrons. The molecule has 0 saturated heterocycles. The van der Waals surface area contributed by atoms with Gasteiger partial charge in [-0.25, -0.2) is 4.39 Å². The Labute approximate surface area is 118 Å². The van der Waals surface area contributed by atoms with Crippen LogP contribution in [0.1, 0.15) is 37.9 Å². The van der Waals surface area contributed by atoms with Crippen LogP contribution in [0.15, 0.2) is 24.3 Å². The fourth-order valence-corrected chi connectivity index (χ4v) is 3.92. The molecule has 0 aromatic heterocycles. The van der Waals surface area contributed by atoms with Crippen LogP contribution in [0.4, 0.5) is 4.39 Å². The minimum Gasteiger partial charge on any atom is -0.387 e. The van der Waals surface area contributed by atoms with Crippen molar-refractivity contribution in [2.45, 2.75) is 43.6 Å². The van der Waals surface area contributed by atoms with Gasteiger partial charge in [-0.2, -0.15) is 11.8 Å². The first kappa shape index (κ1) is 14.8. The molecular formula is C15H22FNOS. The molecule has 4 heteroatoms. The third-order valence-electron chi connectivity index (χ3n) is 3.67. The minimum atomic E-state index is -0.769. The van der Waals surface area contributed by atoms with Crippen LogP contribution < -0.4 is 5.32 Å². The van der Waals surface area contributed by atoms with Gasteiger partial charge < -0.3 is 10.4 Å². The van der Waals surface area contributed by atoms with Crippen LogP contribution in [0.25, 0.3) is 0 Å². The van der Waals surface area contributed by atoms with E-state index in [9.17, 15) is 9.50 Å². The van der Waals surface area contributed by atoms with Gasteiger partial charge in [-0.15, -0.1) is 0 Å². The largest absolute Gasteiger partial charge is 0.387 e. The third-order valence-corrected chi connectivity index (χ3v) is 5.00. The zero-order valence-corrected chi connectivity index (χ0v) is 12.1. The molecule has 0 aliphatic heterocycles. The molecule has 1 fully saturated rings. The predicted molar refractivity (Wildman–Crippen MR) is 78.9 cm³/mol. The molecule has 3 atom stereocenters. The summed E-state index contributed by atoms with van der Waals surface area (Å²) in [6.45, 7) is 2.60. The monoisotopic (exact) mass is 283 g/mol. The van der Waals surface area contributed by atoms with Gasteiger partial charge in [-0.05, 0) is 24.7 Å². The Hall–Kier alpha value is -0.580. The van der Waals surface area contributed by atoms with E-state index in [1.54, 1.807) is 18.2 Å². The van der Waals surface area contributed by atoms with Gasteiger partial charge in [0.05, 0.1) is 6.10 Å². The highest BCUT2D eigenvalue weighted by Gasteiger charge is 2.27. The van der Waals surface area contributed by atoms with E-state index in [1.165, 1.54) is 18.9 Å². The van der Waals surface area contributed by atoms with Crippen LogP contribution in [0, 0.1) is 5.82 Å². The molecule has 2 rings (SSSR count). The van der Waals surface area contributed by atoms with E-state index in [0.717, 1.165) is 12.2 Å². The van der Waals surface area contributed by atoms with Crippen LogP contribution in [0.5, 0.6) is 0 Å². The molecule has 3 unspecified atom stereocenters. The summed E-state index contributed by atoms with van der Waals surface area (Å²) in [6.07, 6.45) is 2.87. The Balaban J connectivity index is 1.86. The van der Waals surface area contributed by atoms with Crippen molar-refractivity contribution in [2.24, 2.45) is 0 Å². The maximum Gasteiger partial charge on any atom is 0.129 e. The summed E-state index contributed by atoms with van der Waals surface area (Å²) in [6, 6.07) is 6.89. The average molecular weight is 283 g/mol. The molecule has 1 saturated carbocycles. The second kappa shape index (κ2) is 7.27. The lowest BCUT2D eigenvalue weighted by Crippen LogP contribution is -2.37. The summed E-state index contributed by atoms with van der Waals surface area (Å²) < 4.78 is 13.5. The summed E-state index contributed by atoms with van der Waals surface area (Å²) in [7, 11) is 0. The highest BCUT2D eigenvalue weighted by Crippen LogP contribution is 2.30. The molecule has 2 nitrogen and oxygen atoms in total. The van der Waals surface area contributed by atoms with Crippen LogP contribution in [-0.4, -0.2) is 28.7 Å². The number of halogens is 1. The van der Waals surface area contributed by atoms with E-state index >= 15 is 0 Å². The summed E-state index contributed by atoms with van der Waals surface area (Å²) in [4.78, 5) is 0. The van der Waals surface area contributed by atoms with Crippen LogP contribution in [0.3, 0.4) is 0 Å². The summed E-state index contributed by atoms with van der Waals surface area (Å²) >= 11 is 1.98. The Bertz CT molecular complexity index is 401. The zero-order valence-electron chi connectivity index (χ0n) is 11.3. The maximum absolute atomic E-state index is 13.5. The van der Waals surface area contributed by atoms with E-state index in [1.807, 2.05) is 11.8 Å². The number of thioether (sulfide) groups is 1. The van der Waals surface area contributed by atoms with Gasteiger partial charge in [0.1, 0.15) is 5.82 Å². The van der Waals surface area contributed by atoms with E-state index in [0.29, 0.717) is 23.4 Å². The molecule has 1 aliphatic rings. The quantitative estimate of drug-likeness (QED) is 0.841. The van der Waals surface area contributed by atoms with Crippen molar-refractivity contribution in [2.75, 3.05) is 12.3 Å². The highest BCUT2D eigenvalue weighted by atomic mass is 32.2. The molecule has 1 aromatic rings. The normalized spacial score (nSPS) is 24.6. The lowest BCUT2D eigenvalue weighted by atomic mass is 10.1. The van der Waals surface area contributed by atoms with Crippen molar-refractivity contribution in [1.29, 1.82) is 0 Å². The zero-order chi connectivity index (χ0) is 13.7. The first-order chi connectivity index (χ1) is 9.22. The van der Waals surface area contributed by atoms with Gasteiger partial charge in [0.2, 0.25) is 0 Å². The number of benzene rings is 1. The third kappa shape index (κ3) is 3.94. The molecule has 0 spiro atoms. The molecule has 19 heavy (non-hydrogen) atoms. The van der Waals surface area contributed by atoms with Crippen molar-refractivity contribution < 1.29 is 9.50 Å². The standard InChI is InChI=1S/C15H22FNOS/c1-2-19-15-9-5-8-13(15)17-10-14(18)11-6-3-4-7-12(11)16/h3-4,6-7,13-15,17-18H,2,5,8-10H2,1H3. The minimum absolute atomic E-state index is 0.331. The second-order valence-corrected chi connectivity index (χ2v) is 6.49. The molecular weight excluding hydrogens is 261 g/mol. The summed E-state index contributed by atoms with van der Waals surface area (Å²) in [5.41, 5.74) is 0.382. The van der Waals surface area contributed by atoms with Gasteiger partial charge in [0.15, 0.2) is 0 Å². The molecule has 0 amide bonds. The van der Waals surface area contributed by atoms with Crippen LogP contribution in [0.2, 0.25) is 0 Å². The van der Waals surface area contributed by atoms with Gasteiger partial charge in [0.25, 0.3) is 0 Å². The number of aliphatic hydroxyl groups is 1. The topological polar surface area (TPSA) is 32.3 Å². The highest BCUT2D eigenvalue weighted by molar-refractivity contribution is 7.99. The van der Waals surface area contributed by atoms with Crippen molar-refractivity contribution >= 4 is 11.8 Å². The molecule has 0 radical (unpaired) electrons. The first-order valence-corrected chi connectivity index (χ1v) is 8.04.